The Morgan fingerprint density at radius 3 is 2.88 bits per heavy atom. The molecular formula is C20H22N2O2S. The monoisotopic (exact) mass is 354 g/mol. The zero-order chi connectivity index (χ0) is 17.6. The number of carbonyl (C=O) groups is 2. The summed E-state index contributed by atoms with van der Waals surface area (Å²) in [5.74, 6) is 0.730. The van der Waals surface area contributed by atoms with Crippen LogP contribution in [0.5, 0.6) is 0 Å². The highest BCUT2D eigenvalue weighted by molar-refractivity contribution is 8.01. The maximum Gasteiger partial charge on any atom is 0.244 e. The van der Waals surface area contributed by atoms with Crippen LogP contribution < -0.4 is 5.32 Å². The van der Waals surface area contributed by atoms with Gasteiger partial charge >= 0.3 is 0 Å². The Morgan fingerprint density at radius 2 is 2.04 bits per heavy atom. The smallest absolute Gasteiger partial charge is 0.244 e. The van der Waals surface area contributed by atoms with Gasteiger partial charge in [-0.25, -0.2) is 0 Å². The van der Waals surface area contributed by atoms with Gasteiger partial charge in [0.05, 0.1) is 10.9 Å². The number of carbonyl (C=O) groups excluding carboxylic acids is 2. The standard InChI is InChI=1S/C20H22N2O2S/c1-13(15-9-5-7-14-6-3-4-8-16(14)15)21-19(24)17-12-25-20(2)11-10-18(23)22(17)20/h3-9,13,17H,10-12H2,1-2H3,(H,21,24). The summed E-state index contributed by atoms with van der Waals surface area (Å²) < 4.78 is 0. The molecule has 0 spiro atoms. The summed E-state index contributed by atoms with van der Waals surface area (Å²) in [5.41, 5.74) is 1.10. The molecule has 0 aromatic heterocycles. The predicted octanol–water partition coefficient (Wildman–Crippen LogP) is 3.47. The number of nitrogens with zero attached hydrogens (tertiary/aromatic N) is 1. The van der Waals surface area contributed by atoms with Gasteiger partial charge in [0, 0.05) is 12.2 Å². The second-order valence-electron chi connectivity index (χ2n) is 7.06. The molecule has 0 bridgehead atoms. The molecule has 2 aromatic rings. The Hall–Kier alpha value is -2.01. The molecule has 5 heteroatoms. The highest BCUT2D eigenvalue weighted by atomic mass is 32.2. The molecule has 3 unspecified atom stereocenters. The van der Waals surface area contributed by atoms with Crippen LogP contribution in [-0.4, -0.2) is 33.4 Å². The largest absolute Gasteiger partial charge is 0.348 e. The first-order valence-corrected chi connectivity index (χ1v) is 9.72. The molecule has 2 saturated heterocycles. The van der Waals surface area contributed by atoms with Crippen molar-refractivity contribution in [2.45, 2.75) is 43.6 Å². The zero-order valence-corrected chi connectivity index (χ0v) is 15.3. The SMILES string of the molecule is CC(NC(=O)C1CSC2(C)CCC(=O)N12)c1cccc2ccccc12. The van der Waals surface area contributed by atoms with E-state index in [9.17, 15) is 9.59 Å². The maximum atomic E-state index is 12.9. The van der Waals surface area contributed by atoms with Gasteiger partial charge in [-0.05, 0) is 36.6 Å². The van der Waals surface area contributed by atoms with E-state index < -0.39 is 0 Å². The third-order valence-electron chi connectivity index (χ3n) is 5.40. The predicted molar refractivity (Wildman–Crippen MR) is 101 cm³/mol. The Balaban J connectivity index is 1.56. The molecule has 0 radical (unpaired) electrons. The minimum atomic E-state index is -0.359. The third-order valence-corrected chi connectivity index (χ3v) is 6.90. The molecule has 4 rings (SSSR count). The van der Waals surface area contributed by atoms with E-state index in [-0.39, 0.29) is 28.8 Å². The molecule has 25 heavy (non-hydrogen) atoms. The van der Waals surface area contributed by atoms with Gasteiger partial charge in [-0.15, -0.1) is 11.8 Å². The third kappa shape index (κ3) is 2.71. The van der Waals surface area contributed by atoms with Crippen LogP contribution >= 0.6 is 11.8 Å². The maximum absolute atomic E-state index is 12.9. The highest BCUT2D eigenvalue weighted by Crippen LogP contribution is 2.47. The van der Waals surface area contributed by atoms with Crippen LogP contribution in [0.1, 0.15) is 38.3 Å². The van der Waals surface area contributed by atoms with E-state index in [4.69, 9.17) is 0 Å². The van der Waals surface area contributed by atoms with Crippen molar-refractivity contribution < 1.29 is 9.59 Å². The Kier molecular flexibility index (Phi) is 3.99. The van der Waals surface area contributed by atoms with E-state index in [0.29, 0.717) is 12.2 Å². The molecule has 0 saturated carbocycles. The fourth-order valence-corrected chi connectivity index (χ4v) is 5.46. The van der Waals surface area contributed by atoms with Gasteiger partial charge in [-0.1, -0.05) is 42.5 Å². The fraction of sp³-hybridized carbons (Fsp3) is 0.400. The summed E-state index contributed by atoms with van der Waals surface area (Å²) in [4.78, 5) is 26.7. The first-order chi connectivity index (χ1) is 12.0. The van der Waals surface area contributed by atoms with Crippen molar-refractivity contribution in [2.24, 2.45) is 0 Å². The Labute approximate surface area is 152 Å². The van der Waals surface area contributed by atoms with Crippen LogP contribution in [0.15, 0.2) is 42.5 Å². The van der Waals surface area contributed by atoms with Crippen LogP contribution in [0.2, 0.25) is 0 Å². The van der Waals surface area contributed by atoms with Crippen molar-refractivity contribution in [3.63, 3.8) is 0 Å². The van der Waals surface area contributed by atoms with E-state index in [1.54, 1.807) is 11.8 Å². The van der Waals surface area contributed by atoms with Crippen LogP contribution in [-0.2, 0) is 9.59 Å². The molecule has 2 aliphatic rings. The summed E-state index contributed by atoms with van der Waals surface area (Å²) in [7, 11) is 0. The van der Waals surface area contributed by atoms with Gasteiger partial charge in [0.25, 0.3) is 0 Å². The topological polar surface area (TPSA) is 49.4 Å². The van der Waals surface area contributed by atoms with Crippen molar-refractivity contribution in [2.75, 3.05) is 5.75 Å². The van der Waals surface area contributed by atoms with Gasteiger partial charge in [0.15, 0.2) is 0 Å². The molecule has 130 valence electrons. The number of thioether (sulfide) groups is 1. The van der Waals surface area contributed by atoms with Gasteiger partial charge in [0.2, 0.25) is 11.8 Å². The molecule has 1 N–H and O–H groups in total. The minimum Gasteiger partial charge on any atom is -0.348 e. The lowest BCUT2D eigenvalue weighted by Gasteiger charge is -2.30. The molecule has 0 aliphatic carbocycles. The summed E-state index contributed by atoms with van der Waals surface area (Å²) in [5, 5.41) is 5.45. The molecule has 2 aromatic carbocycles. The molecule has 2 aliphatic heterocycles. The van der Waals surface area contributed by atoms with Crippen LogP contribution in [0.4, 0.5) is 0 Å². The number of hydrogen-bond donors (Lipinski definition) is 1. The van der Waals surface area contributed by atoms with Gasteiger partial charge < -0.3 is 10.2 Å². The summed E-state index contributed by atoms with van der Waals surface area (Å²) in [6.45, 7) is 4.08. The van der Waals surface area contributed by atoms with Crippen LogP contribution in [0.3, 0.4) is 0 Å². The van der Waals surface area contributed by atoms with Crippen LogP contribution in [0.25, 0.3) is 10.8 Å². The lowest BCUT2D eigenvalue weighted by atomic mass is 9.99. The number of fused-ring (bicyclic) bond motifs is 2. The van der Waals surface area contributed by atoms with E-state index in [1.807, 2.05) is 30.0 Å². The average Bonchev–Trinajstić information content (AvgIpc) is 3.10. The molecule has 4 nitrogen and oxygen atoms in total. The number of hydrogen-bond acceptors (Lipinski definition) is 3. The fourth-order valence-electron chi connectivity index (χ4n) is 4.03. The molecule has 3 atom stereocenters. The second kappa shape index (κ2) is 6.06. The second-order valence-corrected chi connectivity index (χ2v) is 8.57. The minimum absolute atomic E-state index is 0.0492. The lowest BCUT2D eigenvalue weighted by molar-refractivity contribution is -0.138. The van der Waals surface area contributed by atoms with Crippen LogP contribution in [0, 0.1) is 0 Å². The highest BCUT2D eigenvalue weighted by Gasteiger charge is 2.52. The first-order valence-electron chi connectivity index (χ1n) is 8.74. The summed E-state index contributed by atoms with van der Waals surface area (Å²) >= 11 is 1.73. The van der Waals surface area contributed by atoms with E-state index in [0.717, 1.165) is 17.4 Å². The molecule has 2 heterocycles. The molecular weight excluding hydrogens is 332 g/mol. The summed E-state index contributed by atoms with van der Waals surface area (Å²) in [6, 6.07) is 13.9. The van der Waals surface area contributed by atoms with Gasteiger partial charge in [-0.3, -0.25) is 9.59 Å². The first kappa shape index (κ1) is 16.5. The molecule has 2 amide bonds. The van der Waals surface area contributed by atoms with Gasteiger partial charge in [-0.2, -0.15) is 0 Å². The number of rotatable bonds is 3. The lowest BCUT2D eigenvalue weighted by Crippen LogP contribution is -2.50. The normalized spacial score (nSPS) is 26.7. The van der Waals surface area contributed by atoms with Gasteiger partial charge in [0.1, 0.15) is 6.04 Å². The Morgan fingerprint density at radius 1 is 1.28 bits per heavy atom. The number of nitrogens with one attached hydrogen (secondary N) is 1. The van der Waals surface area contributed by atoms with E-state index in [2.05, 4.69) is 36.5 Å². The van der Waals surface area contributed by atoms with Crippen molar-refractivity contribution in [3.05, 3.63) is 48.0 Å². The Bertz CT molecular complexity index is 847. The number of benzene rings is 2. The van der Waals surface area contributed by atoms with E-state index in [1.165, 1.54) is 5.39 Å². The van der Waals surface area contributed by atoms with Crippen molar-refractivity contribution in [1.82, 2.24) is 10.2 Å². The van der Waals surface area contributed by atoms with E-state index >= 15 is 0 Å². The number of amides is 2. The van der Waals surface area contributed by atoms with Crippen molar-refractivity contribution in [1.29, 1.82) is 0 Å². The molecule has 2 fully saturated rings. The summed E-state index contributed by atoms with van der Waals surface area (Å²) in [6.07, 6.45) is 1.38. The average molecular weight is 354 g/mol. The van der Waals surface area contributed by atoms with Crippen molar-refractivity contribution in [3.8, 4) is 0 Å². The van der Waals surface area contributed by atoms with Crippen molar-refractivity contribution >= 4 is 34.3 Å². The quantitative estimate of drug-likeness (QED) is 0.918. The zero-order valence-electron chi connectivity index (χ0n) is 14.5.